The van der Waals surface area contributed by atoms with Crippen LogP contribution in [0.4, 0.5) is 4.39 Å². The van der Waals surface area contributed by atoms with Crippen molar-refractivity contribution in [3.8, 4) is 0 Å². The fourth-order valence-electron chi connectivity index (χ4n) is 2.41. The molecule has 1 fully saturated rings. The van der Waals surface area contributed by atoms with Crippen LogP contribution in [0.5, 0.6) is 0 Å². The summed E-state index contributed by atoms with van der Waals surface area (Å²) < 4.78 is 18.4. The van der Waals surface area contributed by atoms with Crippen LogP contribution in [0.3, 0.4) is 0 Å². The number of pyridine rings is 1. The van der Waals surface area contributed by atoms with Gasteiger partial charge in [0.1, 0.15) is 5.82 Å². The van der Waals surface area contributed by atoms with Crippen molar-refractivity contribution in [3.63, 3.8) is 0 Å². The van der Waals surface area contributed by atoms with Gasteiger partial charge < -0.3 is 15.4 Å². The molecule has 1 aromatic rings. The Hall–Kier alpha value is -1.53. The van der Waals surface area contributed by atoms with Gasteiger partial charge in [0.2, 0.25) is 0 Å². The minimum atomic E-state index is -0.512. The van der Waals surface area contributed by atoms with Crippen LogP contribution in [0.15, 0.2) is 18.5 Å². The van der Waals surface area contributed by atoms with E-state index >= 15 is 0 Å². The van der Waals surface area contributed by atoms with Crippen LogP contribution in [0, 0.1) is 5.82 Å². The van der Waals surface area contributed by atoms with Crippen LogP contribution in [0.2, 0.25) is 0 Å². The van der Waals surface area contributed by atoms with Gasteiger partial charge in [0, 0.05) is 32.4 Å². The van der Waals surface area contributed by atoms with Gasteiger partial charge in [-0.05, 0) is 18.9 Å². The third-order valence-corrected chi connectivity index (χ3v) is 3.49. The van der Waals surface area contributed by atoms with Gasteiger partial charge in [0.05, 0.1) is 17.9 Å². The number of ether oxygens (including phenoxy) is 1. The zero-order valence-corrected chi connectivity index (χ0v) is 10.9. The number of carbonyl (C=O) groups is 1. The molecule has 1 aliphatic heterocycles. The smallest absolute Gasteiger partial charge is 0.255 e. The molecule has 2 rings (SSSR count). The normalized spacial score (nSPS) is 23.4. The molecule has 19 heavy (non-hydrogen) atoms. The SMILES string of the molecule is COC1CCN(C(=O)c2cncc(F)c2)C(CN)C1. The first-order valence-electron chi connectivity index (χ1n) is 6.30. The third kappa shape index (κ3) is 3.08. The lowest BCUT2D eigenvalue weighted by atomic mass is 9.98. The molecule has 0 spiro atoms. The van der Waals surface area contributed by atoms with E-state index in [2.05, 4.69) is 4.98 Å². The monoisotopic (exact) mass is 267 g/mol. The molecule has 1 amide bonds. The number of methoxy groups -OCH3 is 1. The van der Waals surface area contributed by atoms with Gasteiger partial charge in [-0.3, -0.25) is 9.78 Å². The van der Waals surface area contributed by atoms with Crippen molar-refractivity contribution in [1.29, 1.82) is 0 Å². The number of likely N-dealkylation sites (tertiary alicyclic amines) is 1. The van der Waals surface area contributed by atoms with Gasteiger partial charge in [0.15, 0.2) is 0 Å². The summed E-state index contributed by atoms with van der Waals surface area (Å²) in [7, 11) is 1.66. The molecule has 2 unspecified atom stereocenters. The topological polar surface area (TPSA) is 68.5 Å². The summed E-state index contributed by atoms with van der Waals surface area (Å²) in [6.45, 7) is 0.935. The van der Waals surface area contributed by atoms with E-state index in [9.17, 15) is 9.18 Å². The lowest BCUT2D eigenvalue weighted by Crippen LogP contribution is -2.51. The molecule has 5 nitrogen and oxygen atoms in total. The number of carbonyl (C=O) groups excluding carboxylic acids is 1. The van der Waals surface area contributed by atoms with Gasteiger partial charge in [0.25, 0.3) is 5.91 Å². The van der Waals surface area contributed by atoms with Crippen LogP contribution in [-0.2, 0) is 4.74 Å². The largest absolute Gasteiger partial charge is 0.381 e. The van der Waals surface area contributed by atoms with Crippen LogP contribution in [-0.4, -0.2) is 48.1 Å². The Morgan fingerprint density at radius 3 is 3.05 bits per heavy atom. The minimum Gasteiger partial charge on any atom is -0.381 e. The first kappa shape index (κ1) is 13.9. The molecule has 0 saturated carbocycles. The molecule has 1 saturated heterocycles. The molecule has 0 aliphatic carbocycles. The summed E-state index contributed by atoms with van der Waals surface area (Å²) in [5.41, 5.74) is 5.98. The van der Waals surface area contributed by atoms with E-state index in [1.165, 1.54) is 12.3 Å². The van der Waals surface area contributed by atoms with Crippen molar-refractivity contribution in [2.75, 3.05) is 20.2 Å². The maximum Gasteiger partial charge on any atom is 0.255 e. The second-order valence-corrected chi connectivity index (χ2v) is 4.66. The molecule has 0 bridgehead atoms. The number of rotatable bonds is 3. The fraction of sp³-hybridized carbons (Fsp3) is 0.538. The van der Waals surface area contributed by atoms with Crippen molar-refractivity contribution in [1.82, 2.24) is 9.88 Å². The molecule has 2 atom stereocenters. The third-order valence-electron chi connectivity index (χ3n) is 3.49. The fourth-order valence-corrected chi connectivity index (χ4v) is 2.41. The quantitative estimate of drug-likeness (QED) is 0.879. The Bertz CT molecular complexity index is 455. The van der Waals surface area contributed by atoms with E-state index in [0.717, 1.165) is 12.6 Å². The number of nitrogens with two attached hydrogens (primary N) is 1. The molecule has 2 N–H and O–H groups in total. The maximum absolute atomic E-state index is 13.1. The summed E-state index contributed by atoms with van der Waals surface area (Å²) in [5, 5.41) is 0. The number of amides is 1. The van der Waals surface area contributed by atoms with Crippen LogP contribution < -0.4 is 5.73 Å². The lowest BCUT2D eigenvalue weighted by Gasteiger charge is -2.38. The van der Waals surface area contributed by atoms with Gasteiger partial charge in [-0.1, -0.05) is 0 Å². The molecular formula is C13H18FN3O2. The van der Waals surface area contributed by atoms with Crippen molar-refractivity contribution in [3.05, 3.63) is 29.8 Å². The Balaban J connectivity index is 2.14. The van der Waals surface area contributed by atoms with E-state index in [0.29, 0.717) is 19.5 Å². The molecule has 0 aromatic carbocycles. The van der Waals surface area contributed by atoms with Crippen LogP contribution in [0.1, 0.15) is 23.2 Å². The summed E-state index contributed by atoms with van der Waals surface area (Å²) in [6, 6.07) is 1.13. The van der Waals surface area contributed by atoms with E-state index in [4.69, 9.17) is 10.5 Å². The molecule has 0 radical (unpaired) electrons. The van der Waals surface area contributed by atoms with Crippen LogP contribution >= 0.6 is 0 Å². The Morgan fingerprint density at radius 2 is 2.42 bits per heavy atom. The van der Waals surface area contributed by atoms with Crippen molar-refractivity contribution >= 4 is 5.91 Å². The van der Waals surface area contributed by atoms with Gasteiger partial charge >= 0.3 is 0 Å². The number of nitrogens with zero attached hydrogens (tertiary/aromatic N) is 2. The Labute approximate surface area is 111 Å². The molecular weight excluding hydrogens is 249 g/mol. The van der Waals surface area contributed by atoms with Crippen LogP contribution in [0.25, 0.3) is 0 Å². The van der Waals surface area contributed by atoms with Gasteiger partial charge in [-0.2, -0.15) is 0 Å². The molecule has 6 heteroatoms. The highest BCUT2D eigenvalue weighted by molar-refractivity contribution is 5.94. The average molecular weight is 267 g/mol. The standard InChI is InChI=1S/C13H18FN3O2/c1-19-12-2-3-17(11(5-12)6-15)13(18)9-4-10(14)8-16-7-9/h4,7-8,11-12H,2-3,5-6,15H2,1H3. The number of hydrogen-bond acceptors (Lipinski definition) is 4. The highest BCUT2D eigenvalue weighted by Gasteiger charge is 2.31. The highest BCUT2D eigenvalue weighted by Crippen LogP contribution is 2.21. The highest BCUT2D eigenvalue weighted by atomic mass is 19.1. The maximum atomic E-state index is 13.1. The predicted octanol–water partition coefficient (Wildman–Crippen LogP) is 0.799. The van der Waals surface area contributed by atoms with Crippen molar-refractivity contribution < 1.29 is 13.9 Å². The van der Waals surface area contributed by atoms with Crippen molar-refractivity contribution in [2.45, 2.75) is 25.0 Å². The number of hydrogen-bond donors (Lipinski definition) is 1. The number of piperidine rings is 1. The van der Waals surface area contributed by atoms with Gasteiger partial charge in [-0.25, -0.2) is 4.39 Å². The molecule has 1 aromatic heterocycles. The molecule has 104 valence electrons. The first-order valence-corrected chi connectivity index (χ1v) is 6.30. The minimum absolute atomic E-state index is 0.0746. The van der Waals surface area contributed by atoms with E-state index in [-0.39, 0.29) is 23.6 Å². The van der Waals surface area contributed by atoms with Gasteiger partial charge in [-0.15, -0.1) is 0 Å². The van der Waals surface area contributed by atoms with E-state index < -0.39 is 5.82 Å². The summed E-state index contributed by atoms with van der Waals surface area (Å²) >= 11 is 0. The summed E-state index contributed by atoms with van der Waals surface area (Å²) in [5.74, 6) is -0.737. The van der Waals surface area contributed by atoms with E-state index in [1.54, 1.807) is 12.0 Å². The van der Waals surface area contributed by atoms with E-state index in [1.807, 2.05) is 0 Å². The zero-order chi connectivity index (χ0) is 13.8. The van der Waals surface area contributed by atoms with Crippen molar-refractivity contribution in [2.24, 2.45) is 5.73 Å². The second-order valence-electron chi connectivity index (χ2n) is 4.66. The summed E-state index contributed by atoms with van der Waals surface area (Å²) in [4.78, 5) is 17.7. The molecule has 2 heterocycles. The molecule has 1 aliphatic rings. The number of aromatic nitrogens is 1. The lowest BCUT2D eigenvalue weighted by molar-refractivity contribution is 0.0138. The Kier molecular flexibility index (Phi) is 4.44. The first-order chi connectivity index (χ1) is 9.15. The average Bonchev–Trinajstić information content (AvgIpc) is 2.45. The zero-order valence-electron chi connectivity index (χ0n) is 10.9. The second kappa shape index (κ2) is 6.08. The number of halogens is 1. The summed E-state index contributed by atoms with van der Waals surface area (Å²) in [6.07, 6.45) is 4.06. The Morgan fingerprint density at radius 1 is 1.63 bits per heavy atom. The predicted molar refractivity (Wildman–Crippen MR) is 68.1 cm³/mol.